The maximum Gasteiger partial charge on any atom is 0.124 e. The van der Waals surface area contributed by atoms with Crippen LogP contribution in [-0.4, -0.2) is 24.2 Å². The molecule has 0 fully saturated rings. The molecule has 0 spiro atoms. The lowest BCUT2D eigenvalue weighted by atomic mass is 10.0. The number of ether oxygens (including phenoxy) is 1. The van der Waals surface area contributed by atoms with Crippen molar-refractivity contribution in [2.24, 2.45) is 0 Å². The fourth-order valence-electron chi connectivity index (χ4n) is 3.15. The Bertz CT molecular complexity index is 981. The SMILES string of the molecule is C[Si](C)(C)CCOCn1cnc2c1-c1ccccc1Sc1ccc(Cl)cc1-2. The van der Waals surface area contributed by atoms with Crippen LogP contribution in [0.5, 0.6) is 0 Å². The van der Waals surface area contributed by atoms with Crippen LogP contribution >= 0.6 is 23.4 Å². The third-order valence-electron chi connectivity index (χ3n) is 4.62. The summed E-state index contributed by atoms with van der Waals surface area (Å²) in [6.45, 7) is 8.42. The number of rotatable bonds is 5. The lowest BCUT2D eigenvalue weighted by Gasteiger charge is -2.16. The van der Waals surface area contributed by atoms with Crippen molar-refractivity contribution < 1.29 is 4.74 Å². The summed E-state index contributed by atoms with van der Waals surface area (Å²) < 4.78 is 8.13. The van der Waals surface area contributed by atoms with Gasteiger partial charge in [0.2, 0.25) is 0 Å². The van der Waals surface area contributed by atoms with Gasteiger partial charge in [-0.25, -0.2) is 4.98 Å². The average molecular weight is 415 g/mol. The molecule has 6 heteroatoms. The molecule has 0 unspecified atom stereocenters. The van der Waals surface area contributed by atoms with Crippen molar-refractivity contribution in [1.82, 2.24) is 9.55 Å². The van der Waals surface area contributed by atoms with Gasteiger partial charge < -0.3 is 9.30 Å². The minimum atomic E-state index is -1.10. The van der Waals surface area contributed by atoms with E-state index >= 15 is 0 Å². The maximum atomic E-state index is 6.29. The highest BCUT2D eigenvalue weighted by Crippen LogP contribution is 2.47. The zero-order chi connectivity index (χ0) is 19.0. The van der Waals surface area contributed by atoms with Gasteiger partial charge in [-0.3, -0.25) is 0 Å². The fraction of sp³-hybridized carbons (Fsp3) is 0.286. The third-order valence-corrected chi connectivity index (χ3v) is 7.71. The standard InChI is InChI=1S/C21H23ClN2OSSi/c1-27(2,3)11-10-25-14-24-13-23-20-17-12-15(22)8-9-19(17)26-18-7-5-4-6-16(18)21(20)24/h4-9,12-13H,10-11,14H2,1-3H3. The number of aromatic nitrogens is 2. The first kappa shape index (κ1) is 18.8. The van der Waals surface area contributed by atoms with Crippen LogP contribution in [0.2, 0.25) is 30.7 Å². The number of imidazole rings is 1. The van der Waals surface area contributed by atoms with Gasteiger partial charge in [0.15, 0.2) is 0 Å². The minimum Gasteiger partial charge on any atom is -0.361 e. The van der Waals surface area contributed by atoms with Gasteiger partial charge in [0.1, 0.15) is 6.73 Å². The predicted molar refractivity (Wildman–Crippen MR) is 116 cm³/mol. The molecule has 0 atom stereocenters. The molecule has 4 rings (SSSR count). The lowest BCUT2D eigenvalue weighted by Crippen LogP contribution is -2.22. The molecule has 0 saturated heterocycles. The van der Waals surface area contributed by atoms with Crippen LogP contribution in [0.15, 0.2) is 58.6 Å². The molecule has 1 aliphatic rings. The second-order valence-electron chi connectivity index (χ2n) is 8.00. The first-order valence-corrected chi connectivity index (χ1v) is 14.0. The molecular formula is C21H23ClN2OSSi. The van der Waals surface area contributed by atoms with Crippen LogP contribution in [0, 0.1) is 0 Å². The summed E-state index contributed by atoms with van der Waals surface area (Å²) in [5.41, 5.74) is 4.35. The second kappa shape index (κ2) is 7.47. The van der Waals surface area contributed by atoms with Crippen LogP contribution in [0.1, 0.15) is 0 Å². The van der Waals surface area contributed by atoms with Gasteiger partial charge >= 0.3 is 0 Å². The van der Waals surface area contributed by atoms with Gasteiger partial charge in [0, 0.05) is 40.6 Å². The van der Waals surface area contributed by atoms with Gasteiger partial charge in [-0.2, -0.15) is 0 Å². The Morgan fingerprint density at radius 2 is 1.85 bits per heavy atom. The molecule has 0 N–H and O–H groups in total. The predicted octanol–water partition coefficient (Wildman–Crippen LogP) is 6.65. The zero-order valence-electron chi connectivity index (χ0n) is 15.8. The van der Waals surface area contributed by atoms with Gasteiger partial charge in [0.25, 0.3) is 0 Å². The summed E-state index contributed by atoms with van der Waals surface area (Å²) in [4.78, 5) is 7.15. The molecule has 1 aromatic heterocycles. The monoisotopic (exact) mass is 414 g/mol. The zero-order valence-corrected chi connectivity index (χ0v) is 18.4. The largest absolute Gasteiger partial charge is 0.361 e. The smallest absolute Gasteiger partial charge is 0.124 e. The molecule has 0 saturated carbocycles. The molecule has 1 aliphatic heterocycles. The Labute approximate surface area is 170 Å². The number of hydrogen-bond donors (Lipinski definition) is 0. The number of halogens is 1. The number of benzene rings is 2. The third kappa shape index (κ3) is 4.01. The highest BCUT2D eigenvalue weighted by molar-refractivity contribution is 7.99. The van der Waals surface area contributed by atoms with Crippen LogP contribution < -0.4 is 0 Å². The summed E-state index contributed by atoms with van der Waals surface area (Å²) in [5.74, 6) is 0. The first-order valence-electron chi connectivity index (χ1n) is 9.12. The molecular weight excluding hydrogens is 392 g/mol. The Morgan fingerprint density at radius 3 is 2.67 bits per heavy atom. The Hall–Kier alpha value is -1.53. The molecule has 3 aromatic rings. The Kier molecular flexibility index (Phi) is 5.21. The quantitative estimate of drug-likeness (QED) is 0.270. The van der Waals surface area contributed by atoms with Crippen molar-refractivity contribution in [3.8, 4) is 22.5 Å². The molecule has 0 radical (unpaired) electrons. The highest BCUT2D eigenvalue weighted by atomic mass is 35.5. The van der Waals surface area contributed by atoms with Crippen molar-refractivity contribution in [2.45, 2.75) is 42.2 Å². The van der Waals surface area contributed by atoms with Crippen molar-refractivity contribution in [3.05, 3.63) is 53.8 Å². The van der Waals surface area contributed by atoms with E-state index in [2.05, 4.69) is 54.5 Å². The van der Waals surface area contributed by atoms with Gasteiger partial charge in [0.05, 0.1) is 17.7 Å². The Morgan fingerprint density at radius 1 is 1.07 bits per heavy atom. The Balaban J connectivity index is 1.73. The van der Waals surface area contributed by atoms with E-state index in [9.17, 15) is 0 Å². The summed E-state index contributed by atoms with van der Waals surface area (Å²) in [7, 11) is -1.10. The van der Waals surface area contributed by atoms with E-state index in [1.165, 1.54) is 15.4 Å². The summed E-state index contributed by atoms with van der Waals surface area (Å²) in [6, 6.07) is 15.7. The van der Waals surface area contributed by atoms with Crippen molar-refractivity contribution in [2.75, 3.05) is 6.61 Å². The molecule has 2 heterocycles. The average Bonchev–Trinajstić information content (AvgIpc) is 2.97. The minimum absolute atomic E-state index is 0.516. The van der Waals surface area contributed by atoms with Crippen LogP contribution in [0.4, 0.5) is 0 Å². The molecule has 0 aliphatic carbocycles. The van der Waals surface area contributed by atoms with Gasteiger partial charge in [-0.15, -0.1) is 0 Å². The first-order chi connectivity index (χ1) is 12.9. The molecule has 0 bridgehead atoms. The number of hydrogen-bond acceptors (Lipinski definition) is 3. The molecule has 2 aromatic carbocycles. The van der Waals surface area contributed by atoms with E-state index in [4.69, 9.17) is 21.3 Å². The van der Waals surface area contributed by atoms with E-state index in [-0.39, 0.29) is 0 Å². The lowest BCUT2D eigenvalue weighted by molar-refractivity contribution is 0.0882. The van der Waals surface area contributed by atoms with E-state index in [1.807, 2.05) is 18.5 Å². The van der Waals surface area contributed by atoms with Crippen molar-refractivity contribution >= 4 is 31.4 Å². The van der Waals surface area contributed by atoms with E-state index < -0.39 is 8.07 Å². The van der Waals surface area contributed by atoms with Gasteiger partial charge in [-0.1, -0.05) is 61.2 Å². The maximum absolute atomic E-state index is 6.29. The van der Waals surface area contributed by atoms with E-state index in [0.717, 1.165) is 34.6 Å². The van der Waals surface area contributed by atoms with Crippen molar-refractivity contribution in [3.63, 3.8) is 0 Å². The highest BCUT2D eigenvalue weighted by Gasteiger charge is 2.24. The fourth-order valence-corrected chi connectivity index (χ4v) is 5.14. The van der Waals surface area contributed by atoms with Gasteiger partial charge in [-0.05, 0) is 30.3 Å². The van der Waals surface area contributed by atoms with Crippen LogP contribution in [-0.2, 0) is 11.5 Å². The second-order valence-corrected chi connectivity index (χ2v) is 15.1. The van der Waals surface area contributed by atoms with Crippen LogP contribution in [0.25, 0.3) is 22.5 Å². The normalized spacial score (nSPS) is 12.9. The summed E-state index contributed by atoms with van der Waals surface area (Å²) in [5, 5.41) is 0.729. The topological polar surface area (TPSA) is 27.1 Å². The molecule has 140 valence electrons. The molecule has 3 nitrogen and oxygen atoms in total. The molecule has 0 amide bonds. The van der Waals surface area contributed by atoms with E-state index in [0.29, 0.717) is 6.73 Å². The van der Waals surface area contributed by atoms with Crippen LogP contribution in [0.3, 0.4) is 0 Å². The summed E-state index contributed by atoms with van der Waals surface area (Å²) in [6.07, 6.45) is 1.89. The number of fused-ring (bicyclic) bond motifs is 5. The molecule has 27 heavy (non-hydrogen) atoms. The van der Waals surface area contributed by atoms with E-state index in [1.54, 1.807) is 11.8 Å². The van der Waals surface area contributed by atoms with Crippen molar-refractivity contribution in [1.29, 1.82) is 0 Å². The summed E-state index contributed by atoms with van der Waals surface area (Å²) >= 11 is 8.06. The number of nitrogens with zero attached hydrogens (tertiary/aromatic N) is 2.